The van der Waals surface area contributed by atoms with Crippen molar-refractivity contribution in [1.82, 2.24) is 5.32 Å². The van der Waals surface area contributed by atoms with E-state index in [2.05, 4.69) is 21.2 Å². The lowest BCUT2D eigenvalue weighted by Crippen LogP contribution is -2.29. The van der Waals surface area contributed by atoms with E-state index in [-0.39, 0.29) is 25.2 Å². The lowest BCUT2D eigenvalue weighted by Gasteiger charge is -2.17. The second kappa shape index (κ2) is 8.29. The minimum atomic E-state index is -0.247. The summed E-state index contributed by atoms with van der Waals surface area (Å²) in [6.45, 7) is 0.564. The summed E-state index contributed by atoms with van der Waals surface area (Å²) in [7, 11) is 0. The van der Waals surface area contributed by atoms with E-state index in [0.29, 0.717) is 12.1 Å². The van der Waals surface area contributed by atoms with Gasteiger partial charge in [0.2, 0.25) is 0 Å². The molecule has 4 nitrogen and oxygen atoms in total. The standard InChI is InChI=1S/C15H16BrNO3S/c16-12-5-2-1-4-11(12)15(19)17-10-13(20-8-7-18)14-6-3-9-21-14/h1-6,9,13,18H,7-8,10H2,(H,17,19)/t13-/m1/s1. The van der Waals surface area contributed by atoms with Crippen LogP contribution in [0, 0.1) is 0 Å². The Kier molecular flexibility index (Phi) is 6.38. The number of thiophene rings is 1. The number of nitrogens with one attached hydrogen (secondary N) is 1. The zero-order valence-corrected chi connectivity index (χ0v) is 13.7. The van der Waals surface area contributed by atoms with E-state index in [1.165, 1.54) is 0 Å². The molecule has 0 spiro atoms. The van der Waals surface area contributed by atoms with Gasteiger partial charge in [-0.15, -0.1) is 11.3 Å². The van der Waals surface area contributed by atoms with Gasteiger partial charge in [-0.1, -0.05) is 18.2 Å². The van der Waals surface area contributed by atoms with Crippen LogP contribution in [0.2, 0.25) is 0 Å². The molecule has 1 aromatic carbocycles. The van der Waals surface area contributed by atoms with Gasteiger partial charge >= 0.3 is 0 Å². The molecule has 0 saturated carbocycles. The second-order valence-electron chi connectivity index (χ2n) is 4.29. The van der Waals surface area contributed by atoms with Gasteiger partial charge in [0.25, 0.3) is 5.91 Å². The molecule has 1 atom stereocenters. The van der Waals surface area contributed by atoms with Gasteiger partial charge in [0.1, 0.15) is 6.10 Å². The van der Waals surface area contributed by atoms with Gasteiger partial charge in [0, 0.05) is 15.9 Å². The first-order valence-electron chi connectivity index (χ1n) is 6.51. The molecule has 1 amide bonds. The summed E-state index contributed by atoms with van der Waals surface area (Å²) in [6.07, 6.45) is -0.247. The molecule has 0 saturated heterocycles. The van der Waals surface area contributed by atoms with Crippen molar-refractivity contribution in [3.8, 4) is 0 Å². The molecule has 2 N–H and O–H groups in total. The van der Waals surface area contributed by atoms with Crippen LogP contribution in [0.25, 0.3) is 0 Å². The lowest BCUT2D eigenvalue weighted by molar-refractivity contribution is 0.0296. The van der Waals surface area contributed by atoms with E-state index >= 15 is 0 Å². The Bertz CT molecular complexity index is 574. The zero-order chi connectivity index (χ0) is 15.1. The van der Waals surface area contributed by atoms with Crippen molar-refractivity contribution in [1.29, 1.82) is 0 Å². The first kappa shape index (κ1) is 16.2. The number of halogens is 1. The van der Waals surface area contributed by atoms with E-state index < -0.39 is 0 Å². The molecule has 1 heterocycles. The maximum absolute atomic E-state index is 12.2. The van der Waals surface area contributed by atoms with Crippen molar-refractivity contribution in [2.45, 2.75) is 6.10 Å². The normalized spacial score (nSPS) is 12.1. The Balaban J connectivity index is 1.98. The Labute approximate surface area is 135 Å². The molecular weight excluding hydrogens is 354 g/mol. The molecule has 112 valence electrons. The third kappa shape index (κ3) is 4.64. The van der Waals surface area contributed by atoms with Crippen LogP contribution in [-0.2, 0) is 4.74 Å². The number of aliphatic hydroxyl groups excluding tert-OH is 1. The molecule has 21 heavy (non-hydrogen) atoms. The molecule has 0 bridgehead atoms. The summed E-state index contributed by atoms with van der Waals surface area (Å²) >= 11 is 4.93. The Morgan fingerprint density at radius 1 is 1.33 bits per heavy atom. The third-order valence-corrected chi connectivity index (χ3v) is 4.49. The predicted octanol–water partition coefficient (Wildman–Crippen LogP) is 2.99. The fourth-order valence-corrected chi connectivity index (χ4v) is 3.08. The highest BCUT2D eigenvalue weighted by molar-refractivity contribution is 9.10. The minimum absolute atomic E-state index is 0.0416. The van der Waals surface area contributed by atoms with E-state index in [4.69, 9.17) is 9.84 Å². The number of rotatable bonds is 7. The smallest absolute Gasteiger partial charge is 0.252 e. The van der Waals surface area contributed by atoms with Crippen LogP contribution in [-0.4, -0.2) is 30.8 Å². The molecule has 0 unspecified atom stereocenters. The molecule has 0 radical (unpaired) electrons. The quantitative estimate of drug-likeness (QED) is 0.788. The number of hydrogen-bond donors (Lipinski definition) is 2. The molecule has 0 aliphatic carbocycles. The minimum Gasteiger partial charge on any atom is -0.394 e. The number of aliphatic hydroxyl groups is 1. The van der Waals surface area contributed by atoms with Gasteiger partial charge in [-0.25, -0.2) is 0 Å². The topological polar surface area (TPSA) is 58.6 Å². The monoisotopic (exact) mass is 369 g/mol. The van der Waals surface area contributed by atoms with Crippen LogP contribution >= 0.6 is 27.3 Å². The Morgan fingerprint density at radius 3 is 2.81 bits per heavy atom. The molecule has 0 aliphatic heterocycles. The fraction of sp³-hybridized carbons (Fsp3) is 0.267. The molecule has 1 aromatic heterocycles. The Morgan fingerprint density at radius 2 is 2.14 bits per heavy atom. The summed E-state index contributed by atoms with van der Waals surface area (Å²) in [6, 6.07) is 11.2. The van der Waals surface area contributed by atoms with Crippen LogP contribution in [0.5, 0.6) is 0 Å². The van der Waals surface area contributed by atoms with Gasteiger partial charge in [0.15, 0.2) is 0 Å². The van der Waals surface area contributed by atoms with Gasteiger partial charge in [0.05, 0.1) is 18.8 Å². The summed E-state index contributed by atoms with van der Waals surface area (Å²) in [5.74, 6) is -0.156. The van der Waals surface area contributed by atoms with E-state index in [9.17, 15) is 4.79 Å². The lowest BCUT2D eigenvalue weighted by atomic mass is 10.2. The van der Waals surface area contributed by atoms with Crippen LogP contribution in [0.4, 0.5) is 0 Å². The summed E-state index contributed by atoms with van der Waals surface area (Å²) in [5, 5.41) is 13.7. The second-order valence-corrected chi connectivity index (χ2v) is 6.12. The molecule has 2 aromatic rings. The third-order valence-electron chi connectivity index (χ3n) is 2.84. The van der Waals surface area contributed by atoms with E-state index in [1.807, 2.05) is 35.7 Å². The summed E-state index contributed by atoms with van der Waals surface area (Å²) in [5.41, 5.74) is 0.588. The van der Waals surface area contributed by atoms with E-state index in [0.717, 1.165) is 9.35 Å². The first-order valence-corrected chi connectivity index (χ1v) is 8.18. The van der Waals surface area contributed by atoms with Crippen molar-refractivity contribution in [2.24, 2.45) is 0 Å². The molecule has 0 fully saturated rings. The maximum atomic E-state index is 12.2. The highest BCUT2D eigenvalue weighted by Gasteiger charge is 2.16. The average Bonchev–Trinajstić information content (AvgIpc) is 3.01. The van der Waals surface area contributed by atoms with Gasteiger partial charge in [-0.05, 0) is 39.5 Å². The first-order chi connectivity index (χ1) is 10.2. The van der Waals surface area contributed by atoms with Crippen molar-refractivity contribution in [3.05, 3.63) is 56.7 Å². The number of carbonyl (C=O) groups is 1. The number of carbonyl (C=O) groups excluding carboxylic acids is 1. The molecule has 0 aliphatic rings. The van der Waals surface area contributed by atoms with Gasteiger partial charge in [-0.3, -0.25) is 4.79 Å². The van der Waals surface area contributed by atoms with Crippen LogP contribution < -0.4 is 5.32 Å². The number of hydrogen-bond acceptors (Lipinski definition) is 4. The van der Waals surface area contributed by atoms with Crippen LogP contribution in [0.15, 0.2) is 46.3 Å². The summed E-state index contributed by atoms with van der Waals surface area (Å²) in [4.78, 5) is 13.2. The molecular formula is C15H16BrNO3S. The van der Waals surface area contributed by atoms with Crippen molar-refractivity contribution >= 4 is 33.2 Å². The van der Waals surface area contributed by atoms with Gasteiger partial charge < -0.3 is 15.2 Å². The number of amides is 1. The SMILES string of the molecule is O=C(NC[C@@H](OCCO)c1cccs1)c1ccccc1Br. The molecule has 2 rings (SSSR count). The molecule has 6 heteroatoms. The highest BCUT2D eigenvalue weighted by Crippen LogP contribution is 2.22. The van der Waals surface area contributed by atoms with Crippen molar-refractivity contribution < 1.29 is 14.6 Å². The highest BCUT2D eigenvalue weighted by atomic mass is 79.9. The van der Waals surface area contributed by atoms with Crippen molar-refractivity contribution in [2.75, 3.05) is 19.8 Å². The van der Waals surface area contributed by atoms with E-state index in [1.54, 1.807) is 17.4 Å². The van der Waals surface area contributed by atoms with Crippen molar-refractivity contribution in [3.63, 3.8) is 0 Å². The van der Waals surface area contributed by atoms with Crippen LogP contribution in [0.3, 0.4) is 0 Å². The fourth-order valence-electron chi connectivity index (χ4n) is 1.84. The number of ether oxygens (including phenoxy) is 1. The largest absolute Gasteiger partial charge is 0.394 e. The van der Waals surface area contributed by atoms with Crippen LogP contribution in [0.1, 0.15) is 21.3 Å². The average molecular weight is 370 g/mol. The summed E-state index contributed by atoms with van der Waals surface area (Å²) < 4.78 is 6.34. The van der Waals surface area contributed by atoms with Gasteiger partial charge in [-0.2, -0.15) is 0 Å². The number of benzene rings is 1. The predicted molar refractivity (Wildman–Crippen MR) is 86.6 cm³/mol. The maximum Gasteiger partial charge on any atom is 0.252 e. The Hall–Kier alpha value is -1.21. The zero-order valence-electron chi connectivity index (χ0n) is 11.3.